The van der Waals surface area contributed by atoms with Gasteiger partial charge in [-0.2, -0.15) is 0 Å². The molecule has 12 heavy (non-hydrogen) atoms. The maximum Gasteiger partial charge on any atom is 0.0997 e. The van der Waals surface area contributed by atoms with E-state index in [0.29, 0.717) is 0 Å². The van der Waals surface area contributed by atoms with Crippen LogP contribution < -0.4 is 10.8 Å². The van der Waals surface area contributed by atoms with Gasteiger partial charge in [0.25, 0.3) is 0 Å². The van der Waals surface area contributed by atoms with Crippen molar-refractivity contribution in [3.05, 3.63) is 34.9 Å². The van der Waals surface area contributed by atoms with Crippen LogP contribution in [0, 0.1) is 0 Å². The first kappa shape index (κ1) is 10.9. The van der Waals surface area contributed by atoms with E-state index in [1.165, 1.54) is 5.56 Å². The first-order chi connectivity index (χ1) is 5.74. The first-order valence-corrected chi connectivity index (χ1v) is 3.71. The van der Waals surface area contributed by atoms with Gasteiger partial charge in [-0.3, -0.25) is 0 Å². The number of halogens is 1. The minimum Gasteiger partial charge on any atom is -0.554 e. The highest BCUT2D eigenvalue weighted by molar-refractivity contribution is 6.30. The highest BCUT2D eigenvalue weighted by Crippen LogP contribution is 2.08. The van der Waals surface area contributed by atoms with Crippen LogP contribution in [0.1, 0.15) is 5.56 Å². The molecule has 0 bridgehead atoms. The van der Waals surface area contributed by atoms with Gasteiger partial charge in [-0.25, -0.2) is 0 Å². The highest BCUT2D eigenvalue weighted by atomic mass is 35.5. The van der Waals surface area contributed by atoms with Crippen LogP contribution in [0.25, 0.3) is 0 Å². The SMILES string of the molecule is O=C[O-].[NH3+]Cc1cccc(Cl)c1. The Kier molecular flexibility index (Phi) is 6.05. The fraction of sp³-hybridized carbons (Fsp3) is 0.125. The predicted molar refractivity (Wildman–Crippen MR) is 44.1 cm³/mol. The Balaban J connectivity index is 0.000000354. The number of carbonyl (C=O) groups excluding carboxylic acids is 1. The van der Waals surface area contributed by atoms with Gasteiger partial charge in [0, 0.05) is 17.1 Å². The molecule has 1 aromatic carbocycles. The Labute approximate surface area is 75.8 Å². The Hall–Kier alpha value is -1.06. The maximum atomic E-state index is 8.25. The zero-order valence-electron chi connectivity index (χ0n) is 6.50. The molecule has 0 radical (unpaired) electrons. The first-order valence-electron chi connectivity index (χ1n) is 3.34. The number of hydrogen-bond donors (Lipinski definition) is 1. The van der Waals surface area contributed by atoms with Gasteiger partial charge in [0.15, 0.2) is 0 Å². The molecule has 66 valence electrons. The monoisotopic (exact) mass is 187 g/mol. The molecule has 4 heteroatoms. The molecule has 3 nitrogen and oxygen atoms in total. The van der Waals surface area contributed by atoms with E-state index >= 15 is 0 Å². The van der Waals surface area contributed by atoms with Crippen LogP contribution in [0.4, 0.5) is 0 Å². The van der Waals surface area contributed by atoms with E-state index in [4.69, 9.17) is 21.5 Å². The Bertz CT molecular complexity index is 240. The molecule has 1 aromatic rings. The summed E-state index contributed by atoms with van der Waals surface area (Å²) >= 11 is 5.70. The number of hydrogen-bond acceptors (Lipinski definition) is 2. The van der Waals surface area contributed by atoms with Crippen LogP contribution in [-0.4, -0.2) is 6.47 Å². The number of benzene rings is 1. The maximum absolute atomic E-state index is 8.25. The molecule has 3 N–H and O–H groups in total. The molecule has 0 saturated heterocycles. The molecule has 0 aliphatic heterocycles. The third kappa shape index (κ3) is 4.71. The topological polar surface area (TPSA) is 67.8 Å². The van der Waals surface area contributed by atoms with E-state index in [1.54, 1.807) is 0 Å². The molecule has 1 rings (SSSR count). The second-order valence-corrected chi connectivity index (χ2v) is 2.41. The van der Waals surface area contributed by atoms with E-state index in [0.717, 1.165) is 11.6 Å². The minimum absolute atomic E-state index is 0.500. The molecule has 0 aliphatic rings. The lowest BCUT2D eigenvalue weighted by atomic mass is 10.2. The summed E-state index contributed by atoms with van der Waals surface area (Å²) in [5, 5.41) is 9.04. The van der Waals surface area contributed by atoms with Crippen LogP contribution >= 0.6 is 11.6 Å². The van der Waals surface area contributed by atoms with Crippen molar-refractivity contribution in [2.75, 3.05) is 0 Å². The average Bonchev–Trinajstić information content (AvgIpc) is 2.06. The largest absolute Gasteiger partial charge is 0.554 e. The van der Waals surface area contributed by atoms with Gasteiger partial charge < -0.3 is 15.6 Å². The van der Waals surface area contributed by atoms with Crippen LogP contribution in [0.15, 0.2) is 24.3 Å². The van der Waals surface area contributed by atoms with Gasteiger partial charge in [0.2, 0.25) is 0 Å². The zero-order valence-corrected chi connectivity index (χ0v) is 7.25. The molecule has 0 atom stereocenters. The molecular formula is C8H10ClNO2. The van der Waals surface area contributed by atoms with Crippen molar-refractivity contribution in [2.24, 2.45) is 0 Å². The molecule has 0 fully saturated rings. The highest BCUT2D eigenvalue weighted by Gasteiger charge is 1.89. The summed E-state index contributed by atoms with van der Waals surface area (Å²) in [6.07, 6.45) is 0. The number of carboxylic acid groups (broad SMARTS) is 1. The van der Waals surface area contributed by atoms with E-state index in [9.17, 15) is 0 Å². The van der Waals surface area contributed by atoms with Crippen molar-refractivity contribution >= 4 is 18.1 Å². The van der Waals surface area contributed by atoms with Crippen molar-refractivity contribution in [1.82, 2.24) is 0 Å². The van der Waals surface area contributed by atoms with Gasteiger partial charge in [0.05, 0.1) is 6.54 Å². The molecule has 0 unspecified atom stereocenters. The van der Waals surface area contributed by atoms with E-state index in [1.807, 2.05) is 24.3 Å². The smallest absolute Gasteiger partial charge is 0.0997 e. The fourth-order valence-electron chi connectivity index (χ4n) is 0.692. The summed E-state index contributed by atoms with van der Waals surface area (Å²) in [7, 11) is 0. The van der Waals surface area contributed by atoms with Crippen molar-refractivity contribution in [1.29, 1.82) is 0 Å². The standard InChI is InChI=1S/C7H8ClN.CH2O2/c8-7-3-1-2-6(4-7)5-9;2-1-3/h1-4H,5,9H2;1H,(H,2,3). The summed E-state index contributed by atoms with van der Waals surface area (Å²) in [5.74, 6) is 0. The lowest BCUT2D eigenvalue weighted by Gasteiger charge is -1.91. The normalized spacial score (nSPS) is 8.17. The second-order valence-electron chi connectivity index (χ2n) is 1.98. The number of carbonyl (C=O) groups is 1. The molecule has 0 aromatic heterocycles. The second kappa shape index (κ2) is 6.64. The van der Waals surface area contributed by atoms with Crippen LogP contribution in [-0.2, 0) is 11.3 Å². The fourth-order valence-corrected chi connectivity index (χ4v) is 0.905. The van der Waals surface area contributed by atoms with Crippen molar-refractivity contribution in [3.8, 4) is 0 Å². The molecule has 0 spiro atoms. The summed E-state index contributed by atoms with van der Waals surface area (Å²) < 4.78 is 0. The zero-order chi connectivity index (χ0) is 9.40. The summed E-state index contributed by atoms with van der Waals surface area (Å²) in [5.41, 5.74) is 4.92. The Morgan fingerprint density at radius 1 is 1.58 bits per heavy atom. The molecular weight excluding hydrogens is 178 g/mol. The Morgan fingerprint density at radius 2 is 2.17 bits per heavy atom. The van der Waals surface area contributed by atoms with Gasteiger partial charge in [-0.15, -0.1) is 0 Å². The van der Waals surface area contributed by atoms with E-state index < -0.39 is 6.47 Å². The number of rotatable bonds is 1. The van der Waals surface area contributed by atoms with Crippen molar-refractivity contribution in [3.63, 3.8) is 0 Å². The van der Waals surface area contributed by atoms with Gasteiger partial charge in [0.1, 0.15) is 0 Å². The van der Waals surface area contributed by atoms with Crippen LogP contribution in [0.5, 0.6) is 0 Å². The summed E-state index contributed by atoms with van der Waals surface area (Å²) in [6, 6.07) is 7.73. The van der Waals surface area contributed by atoms with Crippen LogP contribution in [0.3, 0.4) is 0 Å². The summed E-state index contributed by atoms with van der Waals surface area (Å²) in [4.78, 5) is 8.25. The lowest BCUT2D eigenvalue weighted by molar-refractivity contribution is -0.386. The van der Waals surface area contributed by atoms with E-state index in [-0.39, 0.29) is 0 Å². The molecule has 0 saturated carbocycles. The minimum atomic E-state index is -0.500. The lowest BCUT2D eigenvalue weighted by Crippen LogP contribution is -2.47. The predicted octanol–water partition coefficient (Wildman–Crippen LogP) is -0.552. The number of quaternary nitrogens is 1. The van der Waals surface area contributed by atoms with Crippen molar-refractivity contribution in [2.45, 2.75) is 6.54 Å². The van der Waals surface area contributed by atoms with Crippen LogP contribution in [0.2, 0.25) is 5.02 Å². The summed E-state index contributed by atoms with van der Waals surface area (Å²) in [6.45, 7) is 0.306. The van der Waals surface area contributed by atoms with Gasteiger partial charge in [-0.1, -0.05) is 23.7 Å². The quantitative estimate of drug-likeness (QED) is 0.600. The third-order valence-corrected chi connectivity index (χ3v) is 1.41. The third-order valence-electron chi connectivity index (χ3n) is 1.18. The average molecular weight is 188 g/mol. The Morgan fingerprint density at radius 3 is 2.50 bits per heavy atom. The molecule has 0 heterocycles. The molecule has 0 amide bonds. The van der Waals surface area contributed by atoms with Gasteiger partial charge in [-0.05, 0) is 12.1 Å². The van der Waals surface area contributed by atoms with Gasteiger partial charge >= 0.3 is 0 Å². The van der Waals surface area contributed by atoms with E-state index in [2.05, 4.69) is 5.73 Å². The van der Waals surface area contributed by atoms with Crippen molar-refractivity contribution < 1.29 is 15.6 Å². The molecule has 0 aliphatic carbocycles.